The van der Waals surface area contributed by atoms with Crippen LogP contribution in [0.1, 0.15) is 33.0 Å². The number of amides is 2. The molecule has 2 heterocycles. The highest BCUT2D eigenvalue weighted by Gasteiger charge is 2.31. The molecule has 2 amide bonds. The summed E-state index contributed by atoms with van der Waals surface area (Å²) >= 11 is 12.2. The third-order valence-electron chi connectivity index (χ3n) is 10.0. The van der Waals surface area contributed by atoms with Crippen molar-refractivity contribution in [3.05, 3.63) is 164 Å². The molecule has 1 aliphatic heterocycles. The maximum absolute atomic E-state index is 16.0. The quantitative estimate of drug-likeness (QED) is 0.177. The van der Waals surface area contributed by atoms with Crippen LogP contribution in [0, 0.1) is 5.82 Å². The van der Waals surface area contributed by atoms with Crippen LogP contribution in [0.5, 0.6) is 0 Å². The minimum absolute atomic E-state index is 0.0456. The number of fused-ring (bicyclic) bond motifs is 4. The standard InChI is InChI=1S/C42H33Cl2FN4O4/c43-35-15-14-26(20-36(35)44)23-46-41(51)33-24-49(27-8-2-1-3-9-27)38-22-39(37(45)21-32(38)40(33)50)47-16-18-48(19-17-47)42(52)53-25-34-30-12-6-4-10-28(30)29-11-5-7-13-31(29)34/h1-15,20-22,24,34H,16-19,23,25H2,(H,46,51). The second-order valence-corrected chi connectivity index (χ2v) is 13.9. The number of aromatic nitrogens is 1. The molecule has 0 unspecified atom stereocenters. The van der Waals surface area contributed by atoms with Crippen molar-refractivity contribution in [1.29, 1.82) is 0 Å². The van der Waals surface area contributed by atoms with Gasteiger partial charge in [0.25, 0.3) is 5.91 Å². The van der Waals surface area contributed by atoms with E-state index in [1.807, 2.05) is 59.5 Å². The monoisotopic (exact) mass is 746 g/mol. The van der Waals surface area contributed by atoms with Gasteiger partial charge in [-0.2, -0.15) is 0 Å². The van der Waals surface area contributed by atoms with E-state index < -0.39 is 23.2 Å². The minimum atomic E-state index is -0.610. The molecule has 266 valence electrons. The van der Waals surface area contributed by atoms with Crippen LogP contribution in [0.3, 0.4) is 0 Å². The average Bonchev–Trinajstić information content (AvgIpc) is 3.51. The molecule has 0 radical (unpaired) electrons. The SMILES string of the molecule is O=C(NCc1ccc(Cl)c(Cl)c1)c1cn(-c2ccccc2)c2cc(N3CCN(C(=O)OCC4c5ccccc5-c5ccccc54)CC3)c(F)cc2c1=O. The van der Waals surface area contributed by atoms with Crippen molar-refractivity contribution in [2.45, 2.75) is 12.5 Å². The summed E-state index contributed by atoms with van der Waals surface area (Å²) in [5, 5.41) is 3.57. The summed E-state index contributed by atoms with van der Waals surface area (Å²) in [6, 6.07) is 33.5. The topological polar surface area (TPSA) is 83.9 Å². The van der Waals surface area contributed by atoms with Gasteiger partial charge in [0.15, 0.2) is 0 Å². The summed E-state index contributed by atoms with van der Waals surface area (Å²) in [7, 11) is 0. The first kappa shape index (κ1) is 34.4. The molecule has 1 saturated heterocycles. The number of anilines is 1. The van der Waals surface area contributed by atoms with Gasteiger partial charge in [0.05, 0.1) is 21.2 Å². The van der Waals surface area contributed by atoms with Crippen LogP contribution >= 0.6 is 23.2 Å². The molecule has 1 aromatic heterocycles. The van der Waals surface area contributed by atoms with Gasteiger partial charge in [0.2, 0.25) is 5.43 Å². The fourth-order valence-corrected chi connectivity index (χ4v) is 7.60. The second-order valence-electron chi connectivity index (χ2n) is 13.1. The normalized spacial score (nSPS) is 13.9. The fraction of sp³-hybridized carbons (Fsp3) is 0.167. The van der Waals surface area contributed by atoms with E-state index in [1.165, 1.54) is 12.3 Å². The predicted octanol–water partition coefficient (Wildman–Crippen LogP) is 8.44. The highest BCUT2D eigenvalue weighted by Crippen LogP contribution is 2.44. The third kappa shape index (κ3) is 6.62. The minimum Gasteiger partial charge on any atom is -0.448 e. The van der Waals surface area contributed by atoms with Gasteiger partial charge in [-0.25, -0.2) is 9.18 Å². The molecule has 1 fully saturated rings. The van der Waals surface area contributed by atoms with E-state index in [-0.39, 0.29) is 30.0 Å². The molecule has 11 heteroatoms. The largest absolute Gasteiger partial charge is 0.448 e. The molecule has 53 heavy (non-hydrogen) atoms. The first-order valence-electron chi connectivity index (χ1n) is 17.3. The summed E-state index contributed by atoms with van der Waals surface area (Å²) in [6.07, 6.45) is 1.08. The molecule has 0 atom stereocenters. The summed E-state index contributed by atoms with van der Waals surface area (Å²) in [5.74, 6) is -1.26. The Morgan fingerprint density at radius 1 is 0.792 bits per heavy atom. The number of hydrogen-bond acceptors (Lipinski definition) is 5. The number of piperazine rings is 1. The predicted molar refractivity (Wildman–Crippen MR) is 206 cm³/mol. The number of benzene rings is 5. The van der Waals surface area contributed by atoms with E-state index in [1.54, 1.807) is 33.7 Å². The molecule has 8 nitrogen and oxygen atoms in total. The van der Waals surface area contributed by atoms with E-state index in [0.29, 0.717) is 58.7 Å². The van der Waals surface area contributed by atoms with Gasteiger partial charge < -0.3 is 24.4 Å². The fourth-order valence-electron chi connectivity index (χ4n) is 7.28. The van der Waals surface area contributed by atoms with Crippen LogP contribution in [0.2, 0.25) is 10.0 Å². The molecule has 5 aromatic carbocycles. The van der Waals surface area contributed by atoms with Gasteiger partial charge in [0.1, 0.15) is 18.0 Å². The van der Waals surface area contributed by atoms with E-state index in [0.717, 1.165) is 22.3 Å². The molecule has 6 aromatic rings. The van der Waals surface area contributed by atoms with Crippen LogP contribution in [-0.4, -0.2) is 54.3 Å². The molecular formula is C42H33Cl2FN4O4. The second kappa shape index (κ2) is 14.4. The van der Waals surface area contributed by atoms with E-state index in [9.17, 15) is 14.4 Å². The maximum Gasteiger partial charge on any atom is 0.409 e. The Hall–Kier alpha value is -5.64. The number of halogens is 3. The number of nitrogens with one attached hydrogen (secondary N) is 1. The number of carbonyl (C=O) groups is 2. The zero-order valence-corrected chi connectivity index (χ0v) is 29.9. The van der Waals surface area contributed by atoms with Gasteiger partial charge in [-0.1, -0.05) is 96.0 Å². The molecule has 8 rings (SSSR count). The van der Waals surface area contributed by atoms with E-state index >= 15 is 4.39 Å². The lowest BCUT2D eigenvalue weighted by atomic mass is 9.98. The lowest BCUT2D eigenvalue weighted by molar-refractivity contribution is 0.0947. The van der Waals surface area contributed by atoms with Crippen molar-refractivity contribution >= 4 is 51.8 Å². The van der Waals surface area contributed by atoms with Crippen LogP contribution < -0.4 is 15.6 Å². The van der Waals surface area contributed by atoms with Crippen LogP contribution in [0.25, 0.3) is 27.7 Å². The number of hydrogen-bond donors (Lipinski definition) is 1. The zero-order valence-electron chi connectivity index (χ0n) is 28.4. The number of pyridine rings is 1. The Labute approximate surface area is 314 Å². The number of nitrogens with zero attached hydrogens (tertiary/aromatic N) is 3. The van der Waals surface area contributed by atoms with E-state index in [2.05, 4.69) is 29.6 Å². The third-order valence-corrected chi connectivity index (χ3v) is 10.7. The summed E-state index contributed by atoms with van der Waals surface area (Å²) in [5.41, 5.74) is 6.00. The van der Waals surface area contributed by atoms with Crippen molar-refractivity contribution in [2.75, 3.05) is 37.7 Å². The van der Waals surface area contributed by atoms with Gasteiger partial charge in [-0.15, -0.1) is 0 Å². The van der Waals surface area contributed by atoms with Crippen LogP contribution in [-0.2, 0) is 11.3 Å². The Bertz CT molecular complexity index is 2400. The average molecular weight is 748 g/mol. The molecule has 2 aliphatic rings. The summed E-state index contributed by atoms with van der Waals surface area (Å²) in [4.78, 5) is 43.9. The number of para-hydroxylation sites is 1. The summed E-state index contributed by atoms with van der Waals surface area (Å²) in [6.45, 7) is 1.71. The van der Waals surface area contributed by atoms with Crippen molar-refractivity contribution in [1.82, 2.24) is 14.8 Å². The van der Waals surface area contributed by atoms with Gasteiger partial charge in [0, 0.05) is 55.9 Å². The van der Waals surface area contributed by atoms with Gasteiger partial charge in [-0.05, 0) is 64.2 Å². The molecule has 0 spiro atoms. The zero-order chi connectivity index (χ0) is 36.6. The molecule has 1 N–H and O–H groups in total. The highest BCUT2D eigenvalue weighted by atomic mass is 35.5. The maximum atomic E-state index is 16.0. The van der Waals surface area contributed by atoms with Crippen LogP contribution in [0.15, 0.2) is 120 Å². The Kier molecular flexibility index (Phi) is 9.37. The van der Waals surface area contributed by atoms with Crippen molar-refractivity contribution in [3.8, 4) is 16.8 Å². The first-order chi connectivity index (χ1) is 25.8. The highest BCUT2D eigenvalue weighted by molar-refractivity contribution is 6.42. The molecule has 0 saturated carbocycles. The van der Waals surface area contributed by atoms with Crippen molar-refractivity contribution < 1.29 is 18.7 Å². The van der Waals surface area contributed by atoms with Crippen LogP contribution in [0.4, 0.5) is 14.9 Å². The van der Waals surface area contributed by atoms with Gasteiger partial charge in [-0.3, -0.25) is 9.59 Å². The Morgan fingerprint density at radius 2 is 1.45 bits per heavy atom. The smallest absolute Gasteiger partial charge is 0.409 e. The van der Waals surface area contributed by atoms with Crippen molar-refractivity contribution in [3.63, 3.8) is 0 Å². The number of carbonyl (C=O) groups excluding carboxylic acids is 2. The van der Waals surface area contributed by atoms with Crippen molar-refractivity contribution in [2.24, 2.45) is 0 Å². The first-order valence-corrected chi connectivity index (χ1v) is 18.0. The van der Waals surface area contributed by atoms with E-state index in [4.69, 9.17) is 27.9 Å². The lowest BCUT2D eigenvalue weighted by Gasteiger charge is -2.36. The molecular weight excluding hydrogens is 714 g/mol. The Morgan fingerprint density at radius 3 is 2.13 bits per heavy atom. The molecule has 1 aliphatic carbocycles. The summed E-state index contributed by atoms with van der Waals surface area (Å²) < 4.78 is 23.6. The number of rotatable bonds is 7. The number of ether oxygens (including phenoxy) is 1. The Balaban J connectivity index is 1.00. The molecule has 0 bridgehead atoms. The van der Waals surface area contributed by atoms with Gasteiger partial charge >= 0.3 is 6.09 Å². The lowest BCUT2D eigenvalue weighted by Crippen LogP contribution is -2.49.